The predicted octanol–water partition coefficient (Wildman–Crippen LogP) is 2.41. The van der Waals surface area contributed by atoms with E-state index in [1.807, 2.05) is 42.3 Å². The van der Waals surface area contributed by atoms with Gasteiger partial charge in [-0.1, -0.05) is 53.5 Å². The first kappa shape index (κ1) is 24.1. The fourth-order valence-corrected chi connectivity index (χ4v) is 4.47. The number of carbonyl (C=O) groups excluding carboxylic acids is 2. The van der Waals surface area contributed by atoms with Crippen molar-refractivity contribution >= 4 is 41.1 Å². The summed E-state index contributed by atoms with van der Waals surface area (Å²) in [5.41, 5.74) is 1.05. The van der Waals surface area contributed by atoms with Crippen LogP contribution in [-0.2, 0) is 11.3 Å². The molecule has 0 aliphatic carbocycles. The van der Waals surface area contributed by atoms with Crippen molar-refractivity contribution in [3.8, 4) is 5.75 Å². The molecule has 2 aromatic rings. The van der Waals surface area contributed by atoms with E-state index < -0.39 is 30.2 Å². The number of hydrogen-bond acceptors (Lipinski definition) is 7. The van der Waals surface area contributed by atoms with Crippen LogP contribution in [0.1, 0.15) is 5.56 Å². The second kappa shape index (κ2) is 10.1. The minimum atomic E-state index is -0.975. The predicted molar refractivity (Wildman–Crippen MR) is 129 cm³/mol. The second-order valence-electron chi connectivity index (χ2n) is 8.23. The fraction of sp³-hybridized carbons (Fsp3) is 0.348. The summed E-state index contributed by atoms with van der Waals surface area (Å²) in [4.78, 5) is 34.6. The van der Waals surface area contributed by atoms with Crippen LogP contribution in [0.25, 0.3) is 0 Å². The number of rotatable bonds is 7. The number of nitrogens with zero attached hydrogens (tertiary/aromatic N) is 4. The van der Waals surface area contributed by atoms with Crippen LogP contribution in [0.2, 0.25) is 10.0 Å². The van der Waals surface area contributed by atoms with Crippen molar-refractivity contribution < 1.29 is 19.4 Å². The molecule has 1 saturated heterocycles. The zero-order valence-electron chi connectivity index (χ0n) is 18.7. The Morgan fingerprint density at radius 2 is 1.94 bits per heavy atom. The molecule has 2 aromatic carbocycles. The number of aliphatic hydroxyl groups is 1. The van der Waals surface area contributed by atoms with Crippen molar-refractivity contribution in [2.45, 2.75) is 24.9 Å². The smallest absolute Gasteiger partial charge is 0.325 e. The summed E-state index contributed by atoms with van der Waals surface area (Å²) in [6.45, 7) is 0.517. The molecule has 2 aliphatic rings. The Balaban J connectivity index is 1.52. The number of halogens is 2. The second-order valence-corrected chi connectivity index (χ2v) is 9.07. The Kier molecular flexibility index (Phi) is 7.16. The van der Waals surface area contributed by atoms with Gasteiger partial charge >= 0.3 is 6.03 Å². The van der Waals surface area contributed by atoms with Gasteiger partial charge in [0.25, 0.3) is 5.91 Å². The molecular formula is C23H25Cl2N5O4. The van der Waals surface area contributed by atoms with Gasteiger partial charge in [-0.05, 0) is 23.8 Å². The van der Waals surface area contributed by atoms with Crippen LogP contribution < -0.4 is 10.1 Å². The van der Waals surface area contributed by atoms with Crippen LogP contribution in [-0.4, -0.2) is 83.3 Å². The molecule has 1 fully saturated rings. The Labute approximate surface area is 207 Å². The number of urea groups is 1. The molecule has 3 amide bonds. The minimum Gasteiger partial charge on any atom is -0.489 e. The molecule has 3 unspecified atom stereocenters. The quantitative estimate of drug-likeness (QED) is 0.599. The summed E-state index contributed by atoms with van der Waals surface area (Å²) in [5, 5.41) is 13.9. The standard InChI is InChI=1S/C23H25Cl2N5O4/c1-28(11-14-6-4-3-5-7-14)22-26-20-19(21(32)27-23(33)29(20)2)30(22)12-16(31)13-34-18-9-8-15(24)10-17(18)25/h3-10,16,19-20,31H,11-13H2,1-2H3,(H,27,32,33). The van der Waals surface area contributed by atoms with E-state index in [9.17, 15) is 14.7 Å². The molecule has 0 spiro atoms. The van der Waals surface area contributed by atoms with Crippen LogP contribution in [0.5, 0.6) is 5.75 Å². The summed E-state index contributed by atoms with van der Waals surface area (Å²) < 4.78 is 5.67. The zero-order chi connectivity index (χ0) is 24.4. The van der Waals surface area contributed by atoms with Gasteiger partial charge in [-0.15, -0.1) is 0 Å². The van der Waals surface area contributed by atoms with Gasteiger partial charge in [0.2, 0.25) is 0 Å². The van der Waals surface area contributed by atoms with E-state index in [1.165, 1.54) is 4.90 Å². The summed E-state index contributed by atoms with van der Waals surface area (Å²) in [7, 11) is 3.44. The number of β-amino-alcohol motifs (C(OH)–C–C–N with tert-alkyl or cyclic N) is 1. The zero-order valence-corrected chi connectivity index (χ0v) is 20.2. The first-order valence-corrected chi connectivity index (χ1v) is 11.4. The van der Waals surface area contributed by atoms with E-state index >= 15 is 0 Å². The van der Waals surface area contributed by atoms with Gasteiger partial charge < -0.3 is 24.5 Å². The van der Waals surface area contributed by atoms with Crippen molar-refractivity contribution in [1.29, 1.82) is 0 Å². The molecule has 9 nitrogen and oxygen atoms in total. The molecule has 11 heteroatoms. The van der Waals surface area contributed by atoms with Crippen molar-refractivity contribution in [1.82, 2.24) is 20.0 Å². The van der Waals surface area contributed by atoms with Crippen molar-refractivity contribution in [2.75, 3.05) is 27.2 Å². The maximum atomic E-state index is 12.8. The number of imide groups is 1. The van der Waals surface area contributed by atoms with E-state index in [4.69, 9.17) is 27.9 Å². The number of guanidine groups is 1. The summed E-state index contributed by atoms with van der Waals surface area (Å²) in [6, 6.07) is 13.3. The summed E-state index contributed by atoms with van der Waals surface area (Å²) in [6.07, 6.45) is -1.68. The highest BCUT2D eigenvalue weighted by Crippen LogP contribution is 2.29. The Morgan fingerprint density at radius 3 is 2.65 bits per heavy atom. The highest BCUT2D eigenvalue weighted by atomic mass is 35.5. The first-order chi connectivity index (χ1) is 16.2. The highest BCUT2D eigenvalue weighted by Gasteiger charge is 2.49. The first-order valence-electron chi connectivity index (χ1n) is 10.7. The lowest BCUT2D eigenvalue weighted by Gasteiger charge is -2.37. The molecule has 0 aromatic heterocycles. The molecule has 2 aliphatic heterocycles. The highest BCUT2D eigenvalue weighted by molar-refractivity contribution is 6.35. The minimum absolute atomic E-state index is 0.0553. The van der Waals surface area contributed by atoms with Crippen molar-refractivity contribution in [2.24, 2.45) is 4.99 Å². The molecule has 3 atom stereocenters. The van der Waals surface area contributed by atoms with Gasteiger partial charge in [-0.2, -0.15) is 0 Å². The molecular weight excluding hydrogens is 481 g/mol. The summed E-state index contributed by atoms with van der Waals surface area (Å²) >= 11 is 12.1. The number of carbonyl (C=O) groups is 2. The number of nitrogens with one attached hydrogen (secondary N) is 1. The van der Waals surface area contributed by atoms with E-state index in [1.54, 1.807) is 30.1 Å². The van der Waals surface area contributed by atoms with Crippen LogP contribution in [0.15, 0.2) is 53.5 Å². The summed E-state index contributed by atoms with van der Waals surface area (Å²) in [5.74, 6) is 0.424. The monoisotopic (exact) mass is 505 g/mol. The van der Waals surface area contributed by atoms with Gasteiger partial charge in [-0.25, -0.2) is 9.79 Å². The largest absolute Gasteiger partial charge is 0.489 e. The molecule has 34 heavy (non-hydrogen) atoms. The number of aliphatic imine (C=N–C) groups is 1. The van der Waals surface area contributed by atoms with Crippen molar-refractivity contribution in [3.05, 3.63) is 64.1 Å². The number of fused-ring (bicyclic) bond motifs is 1. The fourth-order valence-electron chi connectivity index (χ4n) is 4.01. The van der Waals surface area contributed by atoms with Crippen LogP contribution in [0, 0.1) is 0 Å². The van der Waals surface area contributed by atoms with E-state index in [0.717, 1.165) is 5.56 Å². The number of amides is 3. The third-order valence-electron chi connectivity index (χ3n) is 5.68. The molecule has 0 radical (unpaired) electrons. The number of hydrogen-bond donors (Lipinski definition) is 2. The molecule has 4 rings (SSSR count). The molecule has 2 N–H and O–H groups in total. The SMILES string of the molecule is CN(Cc1ccccc1)C1=NC2C(C(=O)NC(=O)N2C)N1CC(O)COc1ccc(Cl)cc1Cl. The van der Waals surface area contributed by atoms with Gasteiger partial charge in [0.1, 0.15) is 18.5 Å². The Hall–Kier alpha value is -3.01. The maximum absolute atomic E-state index is 12.8. The van der Waals surface area contributed by atoms with Gasteiger partial charge in [0.05, 0.1) is 11.6 Å². The van der Waals surface area contributed by atoms with Gasteiger partial charge in [0, 0.05) is 25.7 Å². The van der Waals surface area contributed by atoms with E-state index in [-0.39, 0.29) is 13.2 Å². The molecule has 0 saturated carbocycles. The number of ether oxygens (including phenoxy) is 1. The average Bonchev–Trinajstić information content (AvgIpc) is 3.17. The van der Waals surface area contributed by atoms with Crippen molar-refractivity contribution in [3.63, 3.8) is 0 Å². The molecule has 180 valence electrons. The van der Waals surface area contributed by atoms with Gasteiger partial charge in [0.15, 0.2) is 18.2 Å². The lowest BCUT2D eigenvalue weighted by molar-refractivity contribution is -0.127. The third kappa shape index (κ3) is 5.06. The molecule has 0 bridgehead atoms. The topological polar surface area (TPSA) is 97.7 Å². The normalized spacial score (nSPS) is 20.6. The lowest BCUT2D eigenvalue weighted by Crippen LogP contribution is -2.65. The Morgan fingerprint density at radius 1 is 1.21 bits per heavy atom. The van der Waals surface area contributed by atoms with Gasteiger partial charge in [-0.3, -0.25) is 10.1 Å². The van der Waals surface area contributed by atoms with E-state index in [2.05, 4.69) is 10.3 Å². The Bertz CT molecular complexity index is 1100. The van der Waals surface area contributed by atoms with Crippen LogP contribution in [0.4, 0.5) is 4.79 Å². The van der Waals surface area contributed by atoms with E-state index in [0.29, 0.717) is 28.3 Å². The number of benzene rings is 2. The maximum Gasteiger partial charge on any atom is 0.325 e. The van der Waals surface area contributed by atoms with Crippen LogP contribution >= 0.6 is 23.2 Å². The third-order valence-corrected chi connectivity index (χ3v) is 6.21. The lowest BCUT2D eigenvalue weighted by atomic mass is 10.1. The molecule has 2 heterocycles. The number of likely N-dealkylation sites (N-methyl/N-ethyl adjacent to an activating group) is 1. The van der Waals surface area contributed by atoms with Crippen LogP contribution in [0.3, 0.4) is 0 Å². The average molecular weight is 506 g/mol. The number of aliphatic hydroxyl groups excluding tert-OH is 1.